The normalized spacial score (nSPS) is 39.2. The summed E-state index contributed by atoms with van der Waals surface area (Å²) in [6.45, 7) is 4.29. The molecule has 3 aliphatic carbocycles. The summed E-state index contributed by atoms with van der Waals surface area (Å²) in [4.78, 5) is 12.9. The van der Waals surface area contributed by atoms with Gasteiger partial charge in [-0.1, -0.05) is 13.3 Å². The summed E-state index contributed by atoms with van der Waals surface area (Å²) in [5.74, 6) is 2.26. The lowest BCUT2D eigenvalue weighted by Gasteiger charge is -2.43. The Balaban J connectivity index is 1.35. The van der Waals surface area contributed by atoms with Crippen molar-refractivity contribution >= 4 is 5.97 Å². The van der Waals surface area contributed by atoms with E-state index in [1.807, 2.05) is 0 Å². The first-order chi connectivity index (χ1) is 9.65. The van der Waals surface area contributed by atoms with E-state index in [1.165, 1.54) is 32.2 Å². The van der Waals surface area contributed by atoms with E-state index in [4.69, 9.17) is 5.11 Å². The highest BCUT2D eigenvalue weighted by Crippen LogP contribution is 2.48. The fourth-order valence-corrected chi connectivity index (χ4v) is 4.67. The Morgan fingerprint density at radius 3 is 2.60 bits per heavy atom. The van der Waals surface area contributed by atoms with Gasteiger partial charge in [-0.15, -0.1) is 0 Å². The summed E-state index contributed by atoms with van der Waals surface area (Å²) in [5.41, 5.74) is 0. The lowest BCUT2D eigenvalue weighted by atomic mass is 9.83. The highest BCUT2D eigenvalue weighted by atomic mass is 16.4. The molecule has 2 N–H and O–H groups in total. The number of carboxylic acid groups (broad SMARTS) is 1. The maximum absolute atomic E-state index is 10.8. The summed E-state index contributed by atoms with van der Waals surface area (Å²) in [6.07, 6.45) is 8.14. The highest BCUT2D eigenvalue weighted by Gasteiger charge is 2.40. The number of hydrogen-bond acceptors (Lipinski definition) is 3. The van der Waals surface area contributed by atoms with Crippen molar-refractivity contribution in [1.29, 1.82) is 0 Å². The van der Waals surface area contributed by atoms with Gasteiger partial charge in [0.1, 0.15) is 0 Å². The predicted molar refractivity (Wildman–Crippen MR) is 78.6 cm³/mol. The van der Waals surface area contributed by atoms with Crippen LogP contribution >= 0.6 is 0 Å². The van der Waals surface area contributed by atoms with Crippen LogP contribution in [0.4, 0.5) is 0 Å². The van der Waals surface area contributed by atoms with Crippen molar-refractivity contribution in [2.45, 2.75) is 57.5 Å². The molecular weight excluding hydrogens is 252 g/mol. The van der Waals surface area contributed by atoms with Crippen LogP contribution in [-0.4, -0.2) is 47.7 Å². The van der Waals surface area contributed by atoms with Crippen LogP contribution in [0.15, 0.2) is 0 Å². The van der Waals surface area contributed by atoms with E-state index < -0.39 is 5.97 Å². The molecule has 3 unspecified atom stereocenters. The Morgan fingerprint density at radius 1 is 1.25 bits per heavy atom. The number of nitrogens with one attached hydrogen (secondary N) is 1. The Labute approximate surface area is 121 Å². The molecule has 0 saturated heterocycles. The number of carbonyl (C=O) groups is 1. The van der Waals surface area contributed by atoms with Gasteiger partial charge in [-0.2, -0.15) is 0 Å². The molecule has 0 aromatic rings. The van der Waals surface area contributed by atoms with Gasteiger partial charge in [0.25, 0.3) is 0 Å². The van der Waals surface area contributed by atoms with Gasteiger partial charge in [0.2, 0.25) is 0 Å². The molecule has 0 aliphatic heterocycles. The Kier molecular flexibility index (Phi) is 4.32. The molecule has 0 aromatic heterocycles. The highest BCUT2D eigenvalue weighted by molar-refractivity contribution is 5.69. The summed E-state index contributed by atoms with van der Waals surface area (Å²) in [5, 5.41) is 12.6. The fraction of sp³-hybridized carbons (Fsp3) is 0.938. The van der Waals surface area contributed by atoms with Crippen molar-refractivity contribution in [3.8, 4) is 0 Å². The van der Waals surface area contributed by atoms with Gasteiger partial charge in [0.15, 0.2) is 0 Å². The second-order valence-electron chi connectivity index (χ2n) is 7.12. The third kappa shape index (κ3) is 3.01. The molecule has 0 amide bonds. The first-order valence-corrected chi connectivity index (χ1v) is 8.35. The summed E-state index contributed by atoms with van der Waals surface area (Å²) >= 11 is 0. The second kappa shape index (κ2) is 6.02. The van der Waals surface area contributed by atoms with E-state index in [1.54, 1.807) is 0 Å². The van der Waals surface area contributed by atoms with Crippen LogP contribution in [0, 0.1) is 17.8 Å². The molecule has 3 saturated carbocycles. The number of aliphatic carboxylic acids is 1. The minimum Gasteiger partial charge on any atom is -0.480 e. The van der Waals surface area contributed by atoms with Crippen molar-refractivity contribution in [3.63, 3.8) is 0 Å². The summed E-state index contributed by atoms with van der Waals surface area (Å²) < 4.78 is 0. The van der Waals surface area contributed by atoms with Crippen LogP contribution in [0.5, 0.6) is 0 Å². The molecule has 3 fully saturated rings. The van der Waals surface area contributed by atoms with Crippen molar-refractivity contribution in [3.05, 3.63) is 0 Å². The van der Waals surface area contributed by atoms with Gasteiger partial charge >= 0.3 is 5.97 Å². The standard InChI is InChI=1S/C16H28N2O2/c1-2-18(10-16(19)20)15-7-14(8-15)17-9-13-6-11-3-4-12(13)5-11/h11-15,17H,2-10H2,1H3,(H,19,20). The predicted octanol–water partition coefficient (Wildman–Crippen LogP) is 1.95. The molecule has 4 nitrogen and oxygen atoms in total. The van der Waals surface area contributed by atoms with E-state index in [0.717, 1.165) is 37.1 Å². The minimum atomic E-state index is -0.703. The van der Waals surface area contributed by atoms with E-state index >= 15 is 0 Å². The van der Waals surface area contributed by atoms with Crippen molar-refractivity contribution < 1.29 is 9.90 Å². The van der Waals surface area contributed by atoms with E-state index in [2.05, 4.69) is 17.1 Å². The molecule has 3 aliphatic rings. The zero-order valence-corrected chi connectivity index (χ0v) is 12.6. The smallest absolute Gasteiger partial charge is 0.317 e. The van der Waals surface area contributed by atoms with Crippen molar-refractivity contribution in [2.24, 2.45) is 17.8 Å². The first-order valence-electron chi connectivity index (χ1n) is 8.35. The van der Waals surface area contributed by atoms with Gasteiger partial charge in [-0.3, -0.25) is 9.69 Å². The quantitative estimate of drug-likeness (QED) is 0.748. The van der Waals surface area contributed by atoms with E-state index in [9.17, 15) is 4.79 Å². The van der Waals surface area contributed by atoms with Crippen LogP contribution < -0.4 is 5.32 Å². The number of nitrogens with zero attached hydrogens (tertiary/aromatic N) is 1. The van der Waals surface area contributed by atoms with Gasteiger partial charge in [0, 0.05) is 12.1 Å². The maximum atomic E-state index is 10.8. The van der Waals surface area contributed by atoms with Crippen LogP contribution in [0.2, 0.25) is 0 Å². The monoisotopic (exact) mass is 280 g/mol. The zero-order chi connectivity index (χ0) is 14.1. The SMILES string of the molecule is CCN(CC(=O)O)C1CC(NCC2CC3CCC2C3)C1. The number of hydrogen-bond donors (Lipinski definition) is 2. The number of fused-ring (bicyclic) bond motifs is 2. The van der Waals surface area contributed by atoms with Crippen LogP contribution in [0.1, 0.15) is 45.4 Å². The molecule has 2 bridgehead atoms. The molecule has 0 aromatic carbocycles. The maximum Gasteiger partial charge on any atom is 0.317 e. The first kappa shape index (κ1) is 14.3. The second-order valence-corrected chi connectivity index (χ2v) is 7.12. The molecule has 3 rings (SSSR count). The minimum absolute atomic E-state index is 0.195. The lowest BCUT2D eigenvalue weighted by molar-refractivity contribution is -0.139. The largest absolute Gasteiger partial charge is 0.480 e. The molecule has 0 spiro atoms. The third-order valence-electron chi connectivity index (χ3n) is 5.93. The molecular formula is C16H28N2O2. The lowest BCUT2D eigenvalue weighted by Crippen LogP contribution is -2.54. The van der Waals surface area contributed by atoms with Crippen LogP contribution in [0.3, 0.4) is 0 Å². The van der Waals surface area contributed by atoms with Gasteiger partial charge in [0.05, 0.1) is 6.54 Å². The van der Waals surface area contributed by atoms with Gasteiger partial charge in [-0.05, 0) is 62.9 Å². The number of rotatable bonds is 7. The van der Waals surface area contributed by atoms with Crippen molar-refractivity contribution in [1.82, 2.24) is 10.2 Å². The Bertz CT molecular complexity index is 354. The summed E-state index contributed by atoms with van der Waals surface area (Å²) in [6, 6.07) is 1.11. The molecule has 4 heteroatoms. The Hall–Kier alpha value is -0.610. The third-order valence-corrected chi connectivity index (χ3v) is 5.93. The molecule has 0 heterocycles. The Morgan fingerprint density at radius 2 is 2.05 bits per heavy atom. The average molecular weight is 280 g/mol. The molecule has 3 atom stereocenters. The van der Waals surface area contributed by atoms with Gasteiger partial charge < -0.3 is 10.4 Å². The number of carboxylic acids is 1. The van der Waals surface area contributed by atoms with Crippen LogP contribution in [-0.2, 0) is 4.79 Å². The topological polar surface area (TPSA) is 52.6 Å². The van der Waals surface area contributed by atoms with Crippen LogP contribution in [0.25, 0.3) is 0 Å². The molecule has 114 valence electrons. The van der Waals surface area contributed by atoms with Crippen molar-refractivity contribution in [2.75, 3.05) is 19.6 Å². The van der Waals surface area contributed by atoms with Gasteiger partial charge in [-0.25, -0.2) is 0 Å². The average Bonchev–Trinajstić information content (AvgIpc) is 2.97. The van der Waals surface area contributed by atoms with E-state index in [-0.39, 0.29) is 6.54 Å². The molecule has 20 heavy (non-hydrogen) atoms. The summed E-state index contributed by atoms with van der Waals surface area (Å²) in [7, 11) is 0. The number of likely N-dealkylation sites (N-methyl/N-ethyl adjacent to an activating group) is 1. The molecule has 0 radical (unpaired) electrons. The van der Waals surface area contributed by atoms with E-state index in [0.29, 0.717) is 12.1 Å². The fourth-order valence-electron chi connectivity index (χ4n) is 4.67. The zero-order valence-electron chi connectivity index (χ0n) is 12.6.